The van der Waals surface area contributed by atoms with Gasteiger partial charge in [0, 0.05) is 42.9 Å². The van der Waals surface area contributed by atoms with Crippen LogP contribution in [0.5, 0.6) is 0 Å². The molecule has 2 N–H and O–H groups in total. The number of carbonyl (C=O) groups is 2. The summed E-state index contributed by atoms with van der Waals surface area (Å²) in [5, 5.41) is 3.18. The summed E-state index contributed by atoms with van der Waals surface area (Å²) in [5.74, 6) is 0.441. The number of carbonyl (C=O) groups excluding carboxylic acids is 2. The number of hydrogen-bond acceptors (Lipinski definition) is 2. The van der Waals surface area contributed by atoms with Crippen LogP contribution in [-0.4, -0.2) is 39.8 Å². The first-order chi connectivity index (χ1) is 11.1. The fourth-order valence-corrected chi connectivity index (χ4v) is 4.28. The third-order valence-corrected chi connectivity index (χ3v) is 5.56. The summed E-state index contributed by atoms with van der Waals surface area (Å²) >= 11 is 0. The number of likely N-dealkylation sites (tertiary alicyclic amines) is 1. The van der Waals surface area contributed by atoms with E-state index in [-0.39, 0.29) is 17.5 Å². The summed E-state index contributed by atoms with van der Waals surface area (Å²) in [5.41, 5.74) is 1.18. The molecule has 1 aromatic heterocycles. The van der Waals surface area contributed by atoms with Gasteiger partial charge in [-0.3, -0.25) is 9.59 Å². The number of nitrogens with zero attached hydrogens (tertiary/aromatic N) is 1. The van der Waals surface area contributed by atoms with Gasteiger partial charge in [-0.1, -0.05) is 0 Å². The van der Waals surface area contributed by atoms with Crippen molar-refractivity contribution in [2.24, 2.45) is 0 Å². The van der Waals surface area contributed by atoms with Gasteiger partial charge in [-0.2, -0.15) is 0 Å². The van der Waals surface area contributed by atoms with Gasteiger partial charge in [0.05, 0.1) is 0 Å². The number of aromatic nitrogens is 1. The van der Waals surface area contributed by atoms with Crippen molar-refractivity contribution in [1.82, 2.24) is 15.2 Å². The maximum Gasteiger partial charge on any atom is 0.223 e. The van der Waals surface area contributed by atoms with Gasteiger partial charge in [0.2, 0.25) is 11.8 Å². The number of rotatable bonds is 5. The quantitative estimate of drug-likeness (QED) is 0.876. The van der Waals surface area contributed by atoms with E-state index in [1.807, 2.05) is 18.3 Å². The molecular formula is C18H27N3O2. The molecule has 0 bridgehead atoms. The second kappa shape index (κ2) is 6.77. The molecular weight excluding hydrogens is 290 g/mol. The van der Waals surface area contributed by atoms with Gasteiger partial charge in [-0.25, -0.2) is 0 Å². The van der Waals surface area contributed by atoms with Gasteiger partial charge < -0.3 is 15.2 Å². The first-order valence-corrected chi connectivity index (χ1v) is 8.85. The van der Waals surface area contributed by atoms with E-state index in [0.29, 0.717) is 18.7 Å². The highest BCUT2D eigenvalue weighted by Crippen LogP contribution is 2.42. The van der Waals surface area contributed by atoms with Crippen LogP contribution in [-0.2, 0) is 16.0 Å². The lowest BCUT2D eigenvalue weighted by Crippen LogP contribution is -2.51. The molecule has 1 spiro atoms. The normalized spacial score (nSPS) is 27.6. The zero-order valence-corrected chi connectivity index (χ0v) is 13.9. The van der Waals surface area contributed by atoms with Crippen molar-refractivity contribution < 1.29 is 9.59 Å². The second-order valence-electron chi connectivity index (χ2n) is 6.90. The van der Waals surface area contributed by atoms with Crippen LogP contribution in [0, 0.1) is 0 Å². The molecule has 2 amide bonds. The Morgan fingerprint density at radius 2 is 2.17 bits per heavy atom. The Balaban J connectivity index is 1.45. The Hall–Kier alpha value is -1.78. The highest BCUT2D eigenvalue weighted by Gasteiger charge is 2.46. The predicted molar refractivity (Wildman–Crippen MR) is 88.9 cm³/mol. The van der Waals surface area contributed by atoms with Crippen LogP contribution in [0.4, 0.5) is 0 Å². The minimum Gasteiger partial charge on any atom is -0.365 e. The number of aromatic amines is 1. The third kappa shape index (κ3) is 3.43. The molecule has 1 aliphatic heterocycles. The van der Waals surface area contributed by atoms with Gasteiger partial charge >= 0.3 is 0 Å². The van der Waals surface area contributed by atoms with E-state index in [4.69, 9.17) is 0 Å². The van der Waals surface area contributed by atoms with Crippen molar-refractivity contribution >= 4 is 11.8 Å². The summed E-state index contributed by atoms with van der Waals surface area (Å²) < 4.78 is 0. The van der Waals surface area contributed by atoms with Gasteiger partial charge in [0.1, 0.15) is 0 Å². The number of hydrogen-bond donors (Lipinski definition) is 2. The fourth-order valence-electron chi connectivity index (χ4n) is 4.28. The van der Waals surface area contributed by atoms with Crippen LogP contribution in [0.25, 0.3) is 0 Å². The molecule has 5 nitrogen and oxygen atoms in total. The molecule has 0 aromatic carbocycles. The summed E-state index contributed by atoms with van der Waals surface area (Å²) in [6, 6.07) is 4.23. The van der Waals surface area contributed by atoms with Crippen LogP contribution in [0.3, 0.4) is 0 Å². The molecule has 1 aliphatic carbocycles. The Morgan fingerprint density at radius 3 is 2.83 bits per heavy atom. The molecule has 23 heavy (non-hydrogen) atoms. The molecule has 2 fully saturated rings. The summed E-state index contributed by atoms with van der Waals surface area (Å²) in [7, 11) is 0. The smallest absolute Gasteiger partial charge is 0.223 e. The zero-order valence-electron chi connectivity index (χ0n) is 13.9. The first kappa shape index (κ1) is 16.1. The molecule has 2 aliphatic rings. The summed E-state index contributed by atoms with van der Waals surface area (Å²) in [6.07, 6.45) is 8.87. The number of nitrogens with one attached hydrogen (secondary N) is 2. The van der Waals surface area contributed by atoms with E-state index in [9.17, 15) is 9.59 Å². The number of aryl methyl sites for hydroxylation is 1. The fraction of sp³-hybridized carbons (Fsp3) is 0.667. The Bertz CT molecular complexity index is 545. The standard InChI is InChI=1S/C18H27N3O2/c1-2-21-17(23)9-12-18(21)10-7-15(8-11-18)20-16(22)6-5-14-4-3-13-19-14/h3-4,13,15,19H,2,5-12H2,1H3,(H,20,22). The average Bonchev–Trinajstić information content (AvgIpc) is 3.17. The molecule has 5 heteroatoms. The Morgan fingerprint density at radius 1 is 1.39 bits per heavy atom. The number of H-pyrrole nitrogens is 1. The molecule has 126 valence electrons. The summed E-state index contributed by atoms with van der Waals surface area (Å²) in [6.45, 7) is 2.88. The highest BCUT2D eigenvalue weighted by molar-refractivity contribution is 5.79. The van der Waals surface area contributed by atoms with Gasteiger partial charge in [0.25, 0.3) is 0 Å². The molecule has 3 rings (SSSR count). The Labute approximate surface area is 137 Å². The van der Waals surface area contributed by atoms with E-state index < -0.39 is 0 Å². The topological polar surface area (TPSA) is 65.2 Å². The van der Waals surface area contributed by atoms with Crippen LogP contribution in [0.15, 0.2) is 18.3 Å². The monoisotopic (exact) mass is 317 g/mol. The predicted octanol–water partition coefficient (Wildman–Crippen LogP) is 2.39. The lowest BCUT2D eigenvalue weighted by atomic mass is 9.77. The molecule has 1 saturated carbocycles. The van der Waals surface area contributed by atoms with Crippen molar-refractivity contribution in [3.8, 4) is 0 Å². The maximum absolute atomic E-state index is 12.1. The molecule has 0 unspecified atom stereocenters. The first-order valence-electron chi connectivity index (χ1n) is 8.85. The zero-order chi connectivity index (χ0) is 16.3. The lowest BCUT2D eigenvalue weighted by molar-refractivity contribution is -0.132. The lowest BCUT2D eigenvalue weighted by Gasteiger charge is -2.43. The van der Waals surface area contributed by atoms with Gasteiger partial charge in [-0.15, -0.1) is 0 Å². The van der Waals surface area contributed by atoms with E-state index in [1.54, 1.807) is 0 Å². The molecule has 1 aromatic rings. The minimum absolute atomic E-state index is 0.0807. The molecule has 0 atom stereocenters. The SMILES string of the molecule is CCN1C(=O)CCC12CCC(NC(=O)CCc1ccc[nH]1)CC2. The molecule has 0 radical (unpaired) electrons. The third-order valence-electron chi connectivity index (χ3n) is 5.56. The number of amides is 2. The summed E-state index contributed by atoms with van der Waals surface area (Å²) in [4.78, 5) is 29.3. The van der Waals surface area contributed by atoms with E-state index >= 15 is 0 Å². The average molecular weight is 317 g/mol. The largest absolute Gasteiger partial charge is 0.365 e. The van der Waals surface area contributed by atoms with E-state index in [0.717, 1.165) is 50.8 Å². The van der Waals surface area contributed by atoms with Crippen LogP contribution < -0.4 is 5.32 Å². The molecule has 2 heterocycles. The Kier molecular flexibility index (Phi) is 4.74. The minimum atomic E-state index is 0.0807. The van der Waals surface area contributed by atoms with Crippen LogP contribution in [0.1, 0.15) is 57.6 Å². The van der Waals surface area contributed by atoms with Crippen molar-refractivity contribution in [2.75, 3.05) is 6.54 Å². The maximum atomic E-state index is 12.1. The van der Waals surface area contributed by atoms with Crippen molar-refractivity contribution in [1.29, 1.82) is 0 Å². The van der Waals surface area contributed by atoms with Gasteiger partial charge in [0.15, 0.2) is 0 Å². The molecule has 1 saturated heterocycles. The van der Waals surface area contributed by atoms with Crippen molar-refractivity contribution in [3.63, 3.8) is 0 Å². The van der Waals surface area contributed by atoms with E-state index in [2.05, 4.69) is 22.1 Å². The van der Waals surface area contributed by atoms with Crippen molar-refractivity contribution in [2.45, 2.75) is 69.9 Å². The second-order valence-corrected chi connectivity index (χ2v) is 6.90. The van der Waals surface area contributed by atoms with Gasteiger partial charge in [-0.05, 0) is 57.6 Å². The van der Waals surface area contributed by atoms with Crippen LogP contribution in [0.2, 0.25) is 0 Å². The van der Waals surface area contributed by atoms with E-state index in [1.165, 1.54) is 0 Å². The highest BCUT2D eigenvalue weighted by atomic mass is 16.2. The van der Waals surface area contributed by atoms with Crippen LogP contribution >= 0.6 is 0 Å². The van der Waals surface area contributed by atoms with Crippen molar-refractivity contribution in [3.05, 3.63) is 24.0 Å².